The van der Waals surface area contributed by atoms with Gasteiger partial charge in [0.1, 0.15) is 0 Å². The number of hydrogen-bond acceptors (Lipinski definition) is 3. The molecule has 0 aliphatic carbocycles. The molecule has 2 rings (SSSR count). The molecule has 18 heavy (non-hydrogen) atoms. The molecule has 1 aliphatic rings. The molecule has 3 nitrogen and oxygen atoms in total. The third-order valence-corrected chi connectivity index (χ3v) is 3.65. The van der Waals surface area contributed by atoms with Gasteiger partial charge in [-0.2, -0.15) is 5.10 Å². The van der Waals surface area contributed by atoms with E-state index in [2.05, 4.69) is 22.1 Å². The molecular weight excluding hydrogens is 293 g/mol. The molecule has 0 unspecified atom stereocenters. The van der Waals surface area contributed by atoms with Crippen LogP contribution in [0, 0.1) is 0 Å². The van der Waals surface area contributed by atoms with Crippen molar-refractivity contribution in [2.24, 2.45) is 5.10 Å². The number of hydrogen-bond donors (Lipinski definition) is 0. The SMILES string of the molecule is CN1CCN(N=Cc2cccc(Cl)c2Cl)CC1.[Cl-]. The van der Waals surface area contributed by atoms with Crippen molar-refractivity contribution in [2.75, 3.05) is 33.2 Å². The fourth-order valence-electron chi connectivity index (χ4n) is 1.68. The van der Waals surface area contributed by atoms with Crippen LogP contribution in [0.1, 0.15) is 5.56 Å². The molecule has 0 saturated carbocycles. The minimum absolute atomic E-state index is 0. The van der Waals surface area contributed by atoms with Crippen LogP contribution in [-0.4, -0.2) is 49.4 Å². The highest BCUT2D eigenvalue weighted by molar-refractivity contribution is 6.43. The molecule has 1 aromatic rings. The van der Waals surface area contributed by atoms with Crippen LogP contribution in [0.4, 0.5) is 0 Å². The van der Waals surface area contributed by atoms with E-state index in [-0.39, 0.29) is 12.4 Å². The van der Waals surface area contributed by atoms with Crippen LogP contribution in [0.25, 0.3) is 0 Å². The summed E-state index contributed by atoms with van der Waals surface area (Å²) in [6, 6.07) is 5.56. The molecular formula is C12H15Cl3N3-. The summed E-state index contributed by atoms with van der Waals surface area (Å²) >= 11 is 12.0. The van der Waals surface area contributed by atoms with Gasteiger partial charge in [-0.05, 0) is 13.1 Å². The second-order valence-corrected chi connectivity index (χ2v) is 4.93. The zero-order valence-corrected chi connectivity index (χ0v) is 12.4. The third-order valence-electron chi connectivity index (χ3n) is 2.82. The second-order valence-electron chi connectivity index (χ2n) is 4.14. The molecule has 1 fully saturated rings. The van der Waals surface area contributed by atoms with Gasteiger partial charge in [0.25, 0.3) is 0 Å². The van der Waals surface area contributed by atoms with Crippen LogP contribution in [-0.2, 0) is 0 Å². The van der Waals surface area contributed by atoms with Crippen molar-refractivity contribution in [1.29, 1.82) is 0 Å². The van der Waals surface area contributed by atoms with Crippen LogP contribution in [0.3, 0.4) is 0 Å². The van der Waals surface area contributed by atoms with Gasteiger partial charge in [-0.15, -0.1) is 0 Å². The molecule has 0 radical (unpaired) electrons. The standard InChI is InChI=1S/C12H15Cl2N3.ClH/c1-16-5-7-17(8-6-16)15-9-10-3-2-4-11(13)12(10)14;/h2-4,9H,5-8H2,1H3;1H/p-1. The van der Waals surface area contributed by atoms with E-state index in [0.717, 1.165) is 31.7 Å². The lowest BCUT2D eigenvalue weighted by molar-refractivity contribution is -0.00000332. The van der Waals surface area contributed by atoms with Gasteiger partial charge in [0.15, 0.2) is 0 Å². The highest BCUT2D eigenvalue weighted by Crippen LogP contribution is 2.24. The molecule has 0 atom stereocenters. The van der Waals surface area contributed by atoms with Crippen molar-refractivity contribution in [3.8, 4) is 0 Å². The van der Waals surface area contributed by atoms with E-state index >= 15 is 0 Å². The first-order valence-electron chi connectivity index (χ1n) is 5.58. The van der Waals surface area contributed by atoms with Crippen LogP contribution < -0.4 is 12.4 Å². The molecule has 0 spiro atoms. The number of halogens is 3. The fraction of sp³-hybridized carbons (Fsp3) is 0.417. The molecule has 6 heteroatoms. The van der Waals surface area contributed by atoms with Gasteiger partial charge in [0.2, 0.25) is 0 Å². The van der Waals surface area contributed by atoms with Crippen molar-refractivity contribution in [2.45, 2.75) is 0 Å². The maximum atomic E-state index is 6.08. The maximum Gasteiger partial charge on any atom is 0.0680 e. The summed E-state index contributed by atoms with van der Waals surface area (Å²) in [7, 11) is 2.12. The largest absolute Gasteiger partial charge is 1.00 e. The summed E-state index contributed by atoms with van der Waals surface area (Å²) < 4.78 is 0. The smallest absolute Gasteiger partial charge is 0.0680 e. The van der Waals surface area contributed by atoms with Crippen molar-refractivity contribution in [3.05, 3.63) is 33.8 Å². The van der Waals surface area contributed by atoms with E-state index in [1.807, 2.05) is 12.1 Å². The average Bonchev–Trinajstić information content (AvgIpc) is 2.33. The Morgan fingerprint density at radius 3 is 2.50 bits per heavy atom. The van der Waals surface area contributed by atoms with E-state index < -0.39 is 0 Å². The lowest BCUT2D eigenvalue weighted by Crippen LogP contribution is -3.00. The first-order chi connectivity index (χ1) is 8.16. The Hall–Kier alpha value is -0.480. The molecule has 1 aromatic carbocycles. The predicted octanol–water partition coefficient (Wildman–Crippen LogP) is -0.421. The lowest BCUT2D eigenvalue weighted by Gasteiger charge is -2.30. The van der Waals surface area contributed by atoms with Crippen molar-refractivity contribution < 1.29 is 12.4 Å². The van der Waals surface area contributed by atoms with Gasteiger partial charge < -0.3 is 17.3 Å². The number of benzene rings is 1. The van der Waals surface area contributed by atoms with Crippen LogP contribution in [0.2, 0.25) is 10.0 Å². The van der Waals surface area contributed by atoms with E-state index in [4.69, 9.17) is 23.2 Å². The van der Waals surface area contributed by atoms with Crippen LogP contribution >= 0.6 is 23.2 Å². The molecule has 1 saturated heterocycles. The zero-order chi connectivity index (χ0) is 12.3. The number of likely N-dealkylation sites (N-methyl/N-ethyl adjacent to an activating group) is 1. The van der Waals surface area contributed by atoms with Crippen LogP contribution in [0.5, 0.6) is 0 Å². The normalized spacial score (nSPS) is 16.9. The highest BCUT2D eigenvalue weighted by Gasteiger charge is 2.11. The Morgan fingerprint density at radius 1 is 1.17 bits per heavy atom. The van der Waals surface area contributed by atoms with E-state index in [0.29, 0.717) is 10.0 Å². The Kier molecular flexibility index (Phi) is 6.22. The van der Waals surface area contributed by atoms with Gasteiger partial charge in [-0.1, -0.05) is 35.3 Å². The molecule has 0 amide bonds. The van der Waals surface area contributed by atoms with E-state index in [9.17, 15) is 0 Å². The Balaban J connectivity index is 0.00000162. The summed E-state index contributed by atoms with van der Waals surface area (Å²) in [5.41, 5.74) is 0.859. The fourth-order valence-corrected chi connectivity index (χ4v) is 2.03. The summed E-state index contributed by atoms with van der Waals surface area (Å²) in [6.45, 7) is 3.98. The van der Waals surface area contributed by atoms with Gasteiger partial charge in [0, 0.05) is 31.7 Å². The van der Waals surface area contributed by atoms with Gasteiger partial charge in [-0.25, -0.2) is 0 Å². The van der Waals surface area contributed by atoms with E-state index in [1.54, 1.807) is 12.3 Å². The van der Waals surface area contributed by atoms with E-state index in [1.165, 1.54) is 0 Å². The molecule has 0 aromatic heterocycles. The highest BCUT2D eigenvalue weighted by atomic mass is 35.5. The predicted molar refractivity (Wildman–Crippen MR) is 73.1 cm³/mol. The molecule has 1 aliphatic heterocycles. The monoisotopic (exact) mass is 306 g/mol. The minimum atomic E-state index is 0. The van der Waals surface area contributed by atoms with Crippen molar-refractivity contribution >= 4 is 29.4 Å². The van der Waals surface area contributed by atoms with Gasteiger partial charge in [0.05, 0.1) is 16.3 Å². The Bertz CT molecular complexity index is 415. The minimum Gasteiger partial charge on any atom is -1.00 e. The van der Waals surface area contributed by atoms with Gasteiger partial charge in [-0.3, -0.25) is 5.01 Å². The Labute approximate surface area is 124 Å². The summed E-state index contributed by atoms with van der Waals surface area (Å²) in [5.74, 6) is 0. The summed E-state index contributed by atoms with van der Waals surface area (Å²) in [5, 5.41) is 7.61. The van der Waals surface area contributed by atoms with Crippen molar-refractivity contribution in [1.82, 2.24) is 9.91 Å². The molecule has 0 N–H and O–H groups in total. The molecule has 1 heterocycles. The van der Waals surface area contributed by atoms with Crippen molar-refractivity contribution in [3.63, 3.8) is 0 Å². The lowest BCUT2D eigenvalue weighted by atomic mass is 10.2. The first-order valence-corrected chi connectivity index (χ1v) is 6.34. The topological polar surface area (TPSA) is 18.8 Å². The summed E-state index contributed by atoms with van der Waals surface area (Å²) in [4.78, 5) is 2.29. The Morgan fingerprint density at radius 2 is 1.83 bits per heavy atom. The molecule has 100 valence electrons. The summed E-state index contributed by atoms with van der Waals surface area (Å²) in [6.07, 6.45) is 1.78. The zero-order valence-electron chi connectivity index (χ0n) is 10.1. The first kappa shape index (κ1) is 15.6. The number of rotatable bonds is 2. The molecule has 0 bridgehead atoms. The van der Waals surface area contributed by atoms with Crippen LogP contribution in [0.15, 0.2) is 23.3 Å². The van der Waals surface area contributed by atoms with Gasteiger partial charge >= 0.3 is 0 Å². The second kappa shape index (κ2) is 7.19. The number of hydrazone groups is 1. The average molecular weight is 308 g/mol. The third kappa shape index (κ3) is 4.02. The number of nitrogens with zero attached hydrogens (tertiary/aromatic N) is 3. The number of piperazine rings is 1. The quantitative estimate of drug-likeness (QED) is 0.691. The maximum absolute atomic E-state index is 6.08.